The quantitative estimate of drug-likeness (QED) is 0.480. The number of allylic oxidation sites excluding steroid dienone is 5. The van der Waals surface area contributed by atoms with Gasteiger partial charge in [0.2, 0.25) is 0 Å². The SMILES string of the molecule is CC[C@H](O)/C=C/[C@H]1C(=O)C=C[C@H]1C/C=C\CCCCC(=O)O. The molecule has 0 saturated heterocycles. The molecule has 0 bridgehead atoms. The standard InChI is InChI=1S/C18H26O4/c1-2-15(19)11-12-16-14(10-13-17(16)20)8-6-4-3-5-7-9-18(21)22/h4,6,10-16,19H,2-3,5,7-9H2,1H3,(H,21,22)/b6-4-,12-11+/t14-,15+,16-/m1/s1. The number of rotatable bonds is 10. The van der Waals surface area contributed by atoms with Crippen LogP contribution in [0.4, 0.5) is 0 Å². The summed E-state index contributed by atoms with van der Waals surface area (Å²) in [6.07, 6.45) is 14.8. The van der Waals surface area contributed by atoms with E-state index in [-0.39, 0.29) is 24.0 Å². The highest BCUT2D eigenvalue weighted by Crippen LogP contribution is 2.27. The molecule has 0 amide bonds. The summed E-state index contributed by atoms with van der Waals surface area (Å²) < 4.78 is 0. The molecular weight excluding hydrogens is 280 g/mol. The number of unbranched alkanes of at least 4 members (excludes halogenated alkanes) is 2. The molecule has 0 aromatic heterocycles. The summed E-state index contributed by atoms with van der Waals surface area (Å²) in [6.45, 7) is 1.90. The Bertz CT molecular complexity index is 448. The smallest absolute Gasteiger partial charge is 0.303 e. The van der Waals surface area contributed by atoms with Crippen LogP contribution in [0.3, 0.4) is 0 Å². The lowest BCUT2D eigenvalue weighted by Crippen LogP contribution is -2.13. The molecule has 0 aliphatic heterocycles. The van der Waals surface area contributed by atoms with Gasteiger partial charge < -0.3 is 10.2 Å². The molecular formula is C18H26O4. The molecule has 0 aromatic carbocycles. The molecule has 122 valence electrons. The number of aliphatic hydroxyl groups is 1. The molecule has 0 heterocycles. The molecule has 0 aromatic rings. The van der Waals surface area contributed by atoms with E-state index in [1.165, 1.54) is 0 Å². The van der Waals surface area contributed by atoms with Crippen LogP contribution >= 0.6 is 0 Å². The largest absolute Gasteiger partial charge is 0.481 e. The zero-order chi connectivity index (χ0) is 16.4. The predicted octanol–water partition coefficient (Wildman–Crippen LogP) is 3.28. The average molecular weight is 306 g/mol. The lowest BCUT2D eigenvalue weighted by atomic mass is 9.91. The number of aliphatic carboxylic acids is 1. The summed E-state index contributed by atoms with van der Waals surface area (Å²) in [4.78, 5) is 22.2. The summed E-state index contributed by atoms with van der Waals surface area (Å²) in [5.41, 5.74) is 0. The number of aliphatic hydroxyl groups excluding tert-OH is 1. The van der Waals surface area contributed by atoms with Crippen LogP contribution in [0.5, 0.6) is 0 Å². The molecule has 0 radical (unpaired) electrons. The second-order valence-electron chi connectivity index (χ2n) is 5.66. The third-order valence-electron chi connectivity index (χ3n) is 3.84. The Morgan fingerprint density at radius 1 is 1.36 bits per heavy atom. The van der Waals surface area contributed by atoms with Crippen molar-refractivity contribution in [2.45, 2.75) is 51.6 Å². The van der Waals surface area contributed by atoms with Crippen molar-refractivity contribution in [3.05, 3.63) is 36.5 Å². The summed E-state index contributed by atoms with van der Waals surface area (Å²) in [5.74, 6) is -0.664. The van der Waals surface area contributed by atoms with Crippen molar-refractivity contribution in [2.24, 2.45) is 11.8 Å². The first-order chi connectivity index (χ1) is 10.5. The first kappa shape index (κ1) is 18.4. The fraction of sp³-hybridized carbons (Fsp3) is 0.556. The van der Waals surface area contributed by atoms with Crippen molar-refractivity contribution in [2.75, 3.05) is 0 Å². The monoisotopic (exact) mass is 306 g/mol. The van der Waals surface area contributed by atoms with Gasteiger partial charge in [0, 0.05) is 12.3 Å². The zero-order valence-corrected chi connectivity index (χ0v) is 13.1. The van der Waals surface area contributed by atoms with Crippen LogP contribution in [0.2, 0.25) is 0 Å². The van der Waals surface area contributed by atoms with E-state index in [4.69, 9.17) is 5.11 Å². The lowest BCUT2D eigenvalue weighted by Gasteiger charge is -2.13. The van der Waals surface area contributed by atoms with Crippen molar-refractivity contribution < 1.29 is 19.8 Å². The van der Waals surface area contributed by atoms with Gasteiger partial charge in [0.1, 0.15) is 0 Å². The van der Waals surface area contributed by atoms with Crippen molar-refractivity contribution >= 4 is 11.8 Å². The third-order valence-corrected chi connectivity index (χ3v) is 3.84. The van der Waals surface area contributed by atoms with Crippen LogP contribution in [-0.2, 0) is 9.59 Å². The van der Waals surface area contributed by atoms with Gasteiger partial charge in [0.25, 0.3) is 0 Å². The van der Waals surface area contributed by atoms with Crippen molar-refractivity contribution in [1.29, 1.82) is 0 Å². The number of hydrogen-bond donors (Lipinski definition) is 2. The molecule has 0 fully saturated rings. The summed E-state index contributed by atoms with van der Waals surface area (Å²) in [5, 5.41) is 18.1. The number of carbonyl (C=O) groups excluding carboxylic acids is 1. The summed E-state index contributed by atoms with van der Waals surface area (Å²) >= 11 is 0. The van der Waals surface area contributed by atoms with Gasteiger partial charge >= 0.3 is 5.97 Å². The van der Waals surface area contributed by atoms with Gasteiger partial charge in [0.15, 0.2) is 5.78 Å². The van der Waals surface area contributed by atoms with Crippen LogP contribution in [0, 0.1) is 11.8 Å². The molecule has 0 saturated carbocycles. The van der Waals surface area contributed by atoms with E-state index in [1.807, 2.05) is 19.1 Å². The second-order valence-corrected chi connectivity index (χ2v) is 5.66. The van der Waals surface area contributed by atoms with E-state index < -0.39 is 12.1 Å². The number of hydrogen-bond acceptors (Lipinski definition) is 3. The van der Waals surface area contributed by atoms with Crippen molar-refractivity contribution in [3.63, 3.8) is 0 Å². The Kier molecular flexibility index (Phi) is 8.44. The Labute approximate surface area is 132 Å². The van der Waals surface area contributed by atoms with E-state index in [2.05, 4.69) is 12.2 Å². The molecule has 3 atom stereocenters. The summed E-state index contributed by atoms with van der Waals surface area (Å²) in [6, 6.07) is 0. The molecule has 0 spiro atoms. The highest BCUT2D eigenvalue weighted by atomic mass is 16.4. The average Bonchev–Trinajstić information content (AvgIpc) is 2.83. The van der Waals surface area contributed by atoms with E-state index in [0.29, 0.717) is 12.8 Å². The van der Waals surface area contributed by atoms with Gasteiger partial charge in [-0.25, -0.2) is 0 Å². The van der Waals surface area contributed by atoms with Crippen molar-refractivity contribution in [3.8, 4) is 0 Å². The Balaban J connectivity index is 2.34. The van der Waals surface area contributed by atoms with Gasteiger partial charge in [-0.1, -0.05) is 37.3 Å². The molecule has 2 N–H and O–H groups in total. The fourth-order valence-corrected chi connectivity index (χ4v) is 2.42. The number of ketones is 1. The highest BCUT2D eigenvalue weighted by Gasteiger charge is 2.26. The Hall–Kier alpha value is -1.68. The van der Waals surface area contributed by atoms with E-state index in [9.17, 15) is 14.7 Å². The normalized spacial score (nSPS) is 22.9. The van der Waals surface area contributed by atoms with Crippen LogP contribution in [0.15, 0.2) is 36.5 Å². The van der Waals surface area contributed by atoms with Crippen LogP contribution in [0.1, 0.15) is 45.4 Å². The second kappa shape index (κ2) is 10.1. The minimum Gasteiger partial charge on any atom is -0.481 e. The van der Waals surface area contributed by atoms with Gasteiger partial charge in [-0.2, -0.15) is 0 Å². The van der Waals surface area contributed by atoms with Gasteiger partial charge in [-0.3, -0.25) is 9.59 Å². The maximum Gasteiger partial charge on any atom is 0.303 e. The zero-order valence-electron chi connectivity index (χ0n) is 13.1. The predicted molar refractivity (Wildman–Crippen MR) is 86.4 cm³/mol. The van der Waals surface area contributed by atoms with Crippen LogP contribution in [-0.4, -0.2) is 28.1 Å². The summed E-state index contributed by atoms with van der Waals surface area (Å²) in [7, 11) is 0. The van der Waals surface area contributed by atoms with Gasteiger partial charge in [-0.05, 0) is 44.1 Å². The van der Waals surface area contributed by atoms with Gasteiger partial charge in [0.05, 0.1) is 6.10 Å². The molecule has 22 heavy (non-hydrogen) atoms. The van der Waals surface area contributed by atoms with E-state index in [0.717, 1.165) is 19.3 Å². The molecule has 0 unspecified atom stereocenters. The minimum absolute atomic E-state index is 0.0967. The molecule has 1 aliphatic carbocycles. The van der Waals surface area contributed by atoms with Gasteiger partial charge in [-0.15, -0.1) is 0 Å². The lowest BCUT2D eigenvalue weighted by molar-refractivity contribution is -0.137. The highest BCUT2D eigenvalue weighted by molar-refractivity contribution is 5.95. The van der Waals surface area contributed by atoms with Crippen LogP contribution in [0.25, 0.3) is 0 Å². The maximum absolute atomic E-state index is 11.8. The fourth-order valence-electron chi connectivity index (χ4n) is 2.42. The van der Waals surface area contributed by atoms with E-state index in [1.54, 1.807) is 12.2 Å². The number of carbonyl (C=O) groups is 2. The third kappa shape index (κ3) is 6.85. The van der Waals surface area contributed by atoms with Crippen molar-refractivity contribution in [1.82, 2.24) is 0 Å². The molecule has 4 nitrogen and oxygen atoms in total. The molecule has 1 rings (SSSR count). The van der Waals surface area contributed by atoms with Crippen LogP contribution < -0.4 is 0 Å². The minimum atomic E-state index is -0.748. The Morgan fingerprint density at radius 2 is 2.14 bits per heavy atom. The maximum atomic E-state index is 11.8. The number of carboxylic acid groups (broad SMARTS) is 1. The Morgan fingerprint density at radius 3 is 2.82 bits per heavy atom. The topological polar surface area (TPSA) is 74.6 Å². The first-order valence-corrected chi connectivity index (χ1v) is 7.99. The van der Waals surface area contributed by atoms with E-state index >= 15 is 0 Å². The molecule has 4 heteroatoms. The molecule has 1 aliphatic rings. The first-order valence-electron chi connectivity index (χ1n) is 7.99. The number of carboxylic acids is 1.